The smallest absolute Gasteiger partial charge is 0.151 e. The fourth-order valence-electron chi connectivity index (χ4n) is 5.22. The summed E-state index contributed by atoms with van der Waals surface area (Å²) >= 11 is 0. The van der Waals surface area contributed by atoms with E-state index in [1.165, 1.54) is 11.3 Å². The Kier molecular flexibility index (Phi) is 5.65. The van der Waals surface area contributed by atoms with E-state index in [1.807, 2.05) is 6.07 Å². The molecule has 1 saturated carbocycles. The van der Waals surface area contributed by atoms with Crippen molar-refractivity contribution in [1.82, 2.24) is 14.9 Å². The fourth-order valence-corrected chi connectivity index (χ4v) is 5.22. The van der Waals surface area contributed by atoms with Gasteiger partial charge in [-0.25, -0.2) is 9.97 Å². The van der Waals surface area contributed by atoms with Crippen LogP contribution in [0.5, 0.6) is 5.75 Å². The first-order valence-electron chi connectivity index (χ1n) is 12.0. The van der Waals surface area contributed by atoms with E-state index in [1.54, 1.807) is 7.11 Å². The third kappa shape index (κ3) is 3.90. The van der Waals surface area contributed by atoms with Crippen LogP contribution in [0.3, 0.4) is 0 Å². The number of para-hydroxylation sites is 1. The van der Waals surface area contributed by atoms with Gasteiger partial charge in [0.25, 0.3) is 0 Å². The van der Waals surface area contributed by atoms with E-state index in [0.717, 1.165) is 67.1 Å². The number of rotatable bonds is 6. The lowest BCUT2D eigenvalue weighted by Gasteiger charge is -2.35. The molecule has 174 valence electrons. The molecule has 5 rings (SSSR count). The molecule has 1 saturated heterocycles. The predicted octanol–water partition coefficient (Wildman–Crippen LogP) is 4.64. The third-order valence-electron chi connectivity index (χ3n) is 7.54. The fraction of sp³-hybridized carbons (Fsp3) is 0.481. The van der Waals surface area contributed by atoms with Crippen molar-refractivity contribution in [2.75, 3.05) is 58.2 Å². The van der Waals surface area contributed by atoms with E-state index in [2.05, 4.69) is 79.3 Å². The number of hydrogen-bond acceptors (Lipinski definition) is 6. The largest absolute Gasteiger partial charge is 0.496 e. The highest BCUT2D eigenvalue weighted by molar-refractivity contribution is 5.92. The molecule has 0 N–H and O–H groups in total. The van der Waals surface area contributed by atoms with Gasteiger partial charge in [-0.15, -0.1) is 0 Å². The molecular formula is C27H35N5O. The Labute approximate surface area is 197 Å². The second kappa shape index (κ2) is 8.49. The lowest BCUT2D eigenvalue weighted by molar-refractivity contribution is 0.263. The van der Waals surface area contributed by atoms with Gasteiger partial charge in [-0.1, -0.05) is 18.2 Å². The molecule has 0 bridgehead atoms. The average Bonchev–Trinajstić information content (AvgIpc) is 3.65. The third-order valence-corrected chi connectivity index (χ3v) is 7.54. The number of ether oxygens (including phenoxy) is 1. The van der Waals surface area contributed by atoms with Gasteiger partial charge in [0.15, 0.2) is 5.82 Å². The van der Waals surface area contributed by atoms with Crippen LogP contribution in [0, 0.1) is 0 Å². The highest BCUT2D eigenvalue weighted by Gasteiger charge is 2.49. The molecule has 2 fully saturated rings. The van der Waals surface area contributed by atoms with Crippen LogP contribution in [0.2, 0.25) is 0 Å². The first-order chi connectivity index (χ1) is 15.9. The Morgan fingerprint density at radius 1 is 0.970 bits per heavy atom. The molecule has 2 heterocycles. The maximum atomic E-state index is 5.64. The average molecular weight is 446 g/mol. The summed E-state index contributed by atoms with van der Waals surface area (Å²) in [5.41, 5.74) is 3.53. The van der Waals surface area contributed by atoms with Crippen molar-refractivity contribution in [3.63, 3.8) is 0 Å². The number of benzene rings is 2. The highest BCUT2D eigenvalue weighted by Crippen LogP contribution is 2.49. The van der Waals surface area contributed by atoms with Gasteiger partial charge in [-0.3, -0.25) is 4.90 Å². The van der Waals surface area contributed by atoms with Crippen LogP contribution in [-0.4, -0.2) is 63.3 Å². The minimum atomic E-state index is -0.0150. The molecule has 1 aromatic heterocycles. The minimum Gasteiger partial charge on any atom is -0.496 e. The van der Waals surface area contributed by atoms with Crippen LogP contribution in [0.15, 0.2) is 42.5 Å². The number of fused-ring (bicyclic) bond motifs is 1. The SMILES string of the molecule is COc1ccccc1C1CCN(c2nc(C3(N(C)C)CC3)nc3ccc(N(C)C)cc23)CC1. The lowest BCUT2D eigenvalue weighted by Crippen LogP contribution is -2.35. The van der Waals surface area contributed by atoms with Crippen molar-refractivity contribution < 1.29 is 4.74 Å². The molecular weight excluding hydrogens is 410 g/mol. The number of anilines is 2. The minimum absolute atomic E-state index is 0.0150. The van der Waals surface area contributed by atoms with Gasteiger partial charge in [-0.2, -0.15) is 0 Å². The molecule has 3 aromatic rings. The lowest BCUT2D eigenvalue weighted by atomic mass is 9.88. The van der Waals surface area contributed by atoms with Gasteiger partial charge in [0, 0.05) is 38.3 Å². The van der Waals surface area contributed by atoms with E-state index in [0.29, 0.717) is 5.92 Å². The zero-order valence-corrected chi connectivity index (χ0v) is 20.5. The van der Waals surface area contributed by atoms with Crippen molar-refractivity contribution in [1.29, 1.82) is 0 Å². The molecule has 0 amide bonds. The Bertz CT molecular complexity index is 1150. The Balaban J connectivity index is 1.51. The molecule has 0 spiro atoms. The van der Waals surface area contributed by atoms with Gasteiger partial charge < -0.3 is 14.5 Å². The van der Waals surface area contributed by atoms with E-state index in [9.17, 15) is 0 Å². The second-order valence-corrected chi connectivity index (χ2v) is 9.90. The van der Waals surface area contributed by atoms with E-state index >= 15 is 0 Å². The maximum Gasteiger partial charge on any atom is 0.151 e. The summed E-state index contributed by atoms with van der Waals surface area (Å²) in [7, 11) is 10.2. The van der Waals surface area contributed by atoms with Crippen LogP contribution in [0.1, 0.15) is 43.0 Å². The van der Waals surface area contributed by atoms with Crippen LogP contribution in [0.25, 0.3) is 10.9 Å². The molecule has 2 aromatic carbocycles. The second-order valence-electron chi connectivity index (χ2n) is 9.90. The number of nitrogens with zero attached hydrogens (tertiary/aromatic N) is 5. The van der Waals surface area contributed by atoms with E-state index < -0.39 is 0 Å². The number of aromatic nitrogens is 2. The summed E-state index contributed by atoms with van der Waals surface area (Å²) in [4.78, 5) is 17.2. The summed E-state index contributed by atoms with van der Waals surface area (Å²) in [6.45, 7) is 1.96. The standard InChI is InChI=1S/C27H35N5O/c1-30(2)20-10-11-23-22(18-20)25(29-26(28-23)27(14-15-27)31(3)4)32-16-12-19(13-17-32)21-8-6-7-9-24(21)33-5/h6-11,18-19H,12-17H2,1-5H3. The van der Waals surface area contributed by atoms with E-state index in [-0.39, 0.29) is 5.54 Å². The molecule has 0 unspecified atom stereocenters. The molecule has 6 nitrogen and oxygen atoms in total. The molecule has 33 heavy (non-hydrogen) atoms. The maximum absolute atomic E-state index is 5.64. The van der Waals surface area contributed by atoms with Gasteiger partial charge in [0.1, 0.15) is 11.6 Å². The van der Waals surface area contributed by atoms with Crippen LogP contribution in [0.4, 0.5) is 11.5 Å². The quantitative estimate of drug-likeness (QED) is 0.551. The first-order valence-corrected chi connectivity index (χ1v) is 12.0. The Morgan fingerprint density at radius 2 is 1.70 bits per heavy atom. The van der Waals surface area contributed by atoms with Crippen molar-refractivity contribution in [2.24, 2.45) is 0 Å². The van der Waals surface area contributed by atoms with Crippen LogP contribution in [-0.2, 0) is 5.54 Å². The molecule has 1 aliphatic heterocycles. The normalized spacial score (nSPS) is 18.1. The van der Waals surface area contributed by atoms with Crippen LogP contribution >= 0.6 is 0 Å². The summed E-state index contributed by atoms with van der Waals surface area (Å²) in [5.74, 6) is 3.58. The van der Waals surface area contributed by atoms with Gasteiger partial charge in [-0.05, 0) is 75.5 Å². The van der Waals surface area contributed by atoms with Crippen molar-refractivity contribution >= 4 is 22.4 Å². The Hall–Kier alpha value is -2.86. The zero-order chi connectivity index (χ0) is 23.2. The van der Waals surface area contributed by atoms with Crippen molar-refractivity contribution in [3.05, 3.63) is 53.9 Å². The van der Waals surface area contributed by atoms with Crippen LogP contribution < -0.4 is 14.5 Å². The van der Waals surface area contributed by atoms with Crippen molar-refractivity contribution in [3.8, 4) is 5.75 Å². The monoisotopic (exact) mass is 445 g/mol. The molecule has 0 radical (unpaired) electrons. The summed E-state index contributed by atoms with van der Waals surface area (Å²) in [6.07, 6.45) is 4.42. The zero-order valence-electron chi connectivity index (χ0n) is 20.5. The number of hydrogen-bond donors (Lipinski definition) is 0. The first kappa shape index (κ1) is 22.0. The van der Waals surface area contributed by atoms with Gasteiger partial charge in [0.05, 0.1) is 18.2 Å². The number of methoxy groups -OCH3 is 1. The highest BCUT2D eigenvalue weighted by atomic mass is 16.5. The summed E-state index contributed by atoms with van der Waals surface area (Å²) in [5, 5.41) is 1.15. The molecule has 2 aliphatic rings. The predicted molar refractivity (Wildman–Crippen MR) is 136 cm³/mol. The van der Waals surface area contributed by atoms with E-state index in [4.69, 9.17) is 14.7 Å². The summed E-state index contributed by atoms with van der Waals surface area (Å²) in [6, 6.07) is 15.0. The van der Waals surface area contributed by atoms with Gasteiger partial charge >= 0.3 is 0 Å². The molecule has 0 atom stereocenters. The molecule has 6 heteroatoms. The number of piperidine rings is 1. The van der Waals surface area contributed by atoms with Gasteiger partial charge in [0.2, 0.25) is 0 Å². The topological polar surface area (TPSA) is 44.7 Å². The summed E-state index contributed by atoms with van der Waals surface area (Å²) < 4.78 is 5.64. The Morgan fingerprint density at radius 3 is 2.33 bits per heavy atom. The van der Waals surface area contributed by atoms with Crippen molar-refractivity contribution in [2.45, 2.75) is 37.1 Å². The molecule has 1 aliphatic carbocycles.